The van der Waals surface area contributed by atoms with Crippen LogP contribution in [-0.2, 0) is 17.6 Å². The first kappa shape index (κ1) is 23.2. The first-order chi connectivity index (χ1) is 17.0. The van der Waals surface area contributed by atoms with E-state index in [1.54, 1.807) is 4.90 Å². The summed E-state index contributed by atoms with van der Waals surface area (Å²) in [5.74, 6) is 0.920. The largest absolute Gasteiger partial charge is 0.314 e. The van der Waals surface area contributed by atoms with Crippen LogP contribution in [0.5, 0.6) is 0 Å². The molecule has 2 aromatic carbocycles. The number of aromatic nitrogens is 3. The summed E-state index contributed by atoms with van der Waals surface area (Å²) in [5, 5.41) is 4.82. The van der Waals surface area contributed by atoms with Gasteiger partial charge in [0, 0.05) is 24.7 Å². The van der Waals surface area contributed by atoms with Crippen LogP contribution in [0.25, 0.3) is 16.9 Å². The molecule has 2 aromatic heterocycles. The number of benzene rings is 2. The molecule has 1 saturated heterocycles. The van der Waals surface area contributed by atoms with Gasteiger partial charge in [-0.1, -0.05) is 49.4 Å². The maximum Gasteiger partial charge on any atom is 0.243 e. The molecule has 1 fully saturated rings. The van der Waals surface area contributed by atoms with E-state index in [9.17, 15) is 4.79 Å². The molecule has 1 aliphatic heterocycles. The second-order valence-electron chi connectivity index (χ2n) is 9.42. The van der Waals surface area contributed by atoms with Crippen LogP contribution >= 0.6 is 0 Å². The van der Waals surface area contributed by atoms with Gasteiger partial charge in [-0.3, -0.25) is 9.69 Å². The van der Waals surface area contributed by atoms with Gasteiger partial charge in [0.1, 0.15) is 0 Å². The highest BCUT2D eigenvalue weighted by Gasteiger charge is 2.26. The quantitative estimate of drug-likeness (QED) is 0.384. The number of fused-ring (bicyclic) bond motifs is 1. The number of hydrogen-bond donors (Lipinski definition) is 0. The third-order valence-corrected chi connectivity index (χ3v) is 7.12. The number of rotatable bonds is 7. The van der Waals surface area contributed by atoms with Crippen molar-refractivity contribution in [2.75, 3.05) is 25.0 Å². The van der Waals surface area contributed by atoms with E-state index in [2.05, 4.69) is 54.3 Å². The standard InChI is InChI=1S/C29H33N5O/c1-4-22-10-14-24(15-11-22)26-8-7-9-28-30-27(31-34(26)28)20-23-12-16-25(17-13-23)32(3)29(35)21(2)33-18-5-6-19-33/h7-17,21H,4-6,18-20H2,1-3H3. The first-order valence-electron chi connectivity index (χ1n) is 12.6. The zero-order valence-electron chi connectivity index (χ0n) is 20.8. The van der Waals surface area contributed by atoms with Gasteiger partial charge in [-0.15, -0.1) is 0 Å². The molecule has 4 aromatic rings. The molecule has 0 saturated carbocycles. The molecule has 1 amide bonds. The average molecular weight is 468 g/mol. The fourth-order valence-corrected chi connectivity index (χ4v) is 4.87. The minimum Gasteiger partial charge on any atom is -0.314 e. The summed E-state index contributed by atoms with van der Waals surface area (Å²) < 4.78 is 1.93. The first-order valence-corrected chi connectivity index (χ1v) is 12.6. The van der Waals surface area contributed by atoms with E-state index in [-0.39, 0.29) is 11.9 Å². The molecule has 0 aliphatic carbocycles. The molecule has 6 heteroatoms. The number of pyridine rings is 1. The molecule has 5 rings (SSSR count). The Morgan fingerprint density at radius 1 is 0.971 bits per heavy atom. The van der Waals surface area contributed by atoms with Crippen molar-refractivity contribution in [1.29, 1.82) is 0 Å². The Morgan fingerprint density at radius 3 is 2.34 bits per heavy atom. The van der Waals surface area contributed by atoms with Crippen molar-refractivity contribution in [3.63, 3.8) is 0 Å². The maximum atomic E-state index is 13.0. The highest BCUT2D eigenvalue weighted by Crippen LogP contribution is 2.23. The number of carbonyl (C=O) groups excluding carboxylic acids is 1. The zero-order valence-corrected chi connectivity index (χ0v) is 20.8. The Morgan fingerprint density at radius 2 is 1.66 bits per heavy atom. The van der Waals surface area contributed by atoms with Crippen molar-refractivity contribution in [1.82, 2.24) is 19.5 Å². The molecular formula is C29H33N5O. The summed E-state index contributed by atoms with van der Waals surface area (Å²) in [7, 11) is 1.86. The van der Waals surface area contributed by atoms with Gasteiger partial charge in [0.25, 0.3) is 0 Å². The van der Waals surface area contributed by atoms with Gasteiger partial charge < -0.3 is 4.90 Å². The van der Waals surface area contributed by atoms with Crippen molar-refractivity contribution in [2.45, 2.75) is 45.6 Å². The van der Waals surface area contributed by atoms with Crippen LogP contribution in [0.1, 0.15) is 43.6 Å². The number of anilines is 1. The number of likely N-dealkylation sites (tertiary alicyclic amines) is 1. The van der Waals surface area contributed by atoms with E-state index in [4.69, 9.17) is 10.1 Å². The van der Waals surface area contributed by atoms with E-state index in [0.29, 0.717) is 6.42 Å². The number of nitrogens with zero attached hydrogens (tertiary/aromatic N) is 5. The Hall–Kier alpha value is -3.51. The highest BCUT2D eigenvalue weighted by molar-refractivity contribution is 5.96. The molecule has 3 heterocycles. The van der Waals surface area contributed by atoms with Crippen molar-refractivity contribution in [3.05, 3.63) is 83.7 Å². The molecule has 1 atom stereocenters. The molecule has 180 valence electrons. The topological polar surface area (TPSA) is 53.7 Å². The molecular weight excluding hydrogens is 434 g/mol. The predicted octanol–water partition coefficient (Wildman–Crippen LogP) is 5.00. The van der Waals surface area contributed by atoms with Gasteiger partial charge in [-0.05, 0) is 74.7 Å². The second kappa shape index (κ2) is 10.0. The lowest BCUT2D eigenvalue weighted by Gasteiger charge is -2.27. The minimum absolute atomic E-state index is 0.0864. The Labute approximate surface area is 207 Å². The van der Waals surface area contributed by atoms with E-state index in [1.165, 1.54) is 18.4 Å². The van der Waals surface area contributed by atoms with E-state index in [1.807, 2.05) is 42.8 Å². The van der Waals surface area contributed by atoms with Crippen molar-refractivity contribution < 1.29 is 4.79 Å². The van der Waals surface area contributed by atoms with E-state index < -0.39 is 0 Å². The third kappa shape index (κ3) is 4.84. The van der Waals surface area contributed by atoms with Gasteiger partial charge >= 0.3 is 0 Å². The van der Waals surface area contributed by atoms with Crippen LogP contribution < -0.4 is 4.90 Å². The average Bonchev–Trinajstić information content (AvgIpc) is 3.58. The monoisotopic (exact) mass is 467 g/mol. The Bertz CT molecular complexity index is 1300. The highest BCUT2D eigenvalue weighted by atomic mass is 16.2. The van der Waals surface area contributed by atoms with Crippen LogP contribution in [0.2, 0.25) is 0 Å². The van der Waals surface area contributed by atoms with Crippen LogP contribution in [0, 0.1) is 0 Å². The van der Waals surface area contributed by atoms with Crippen LogP contribution in [0.4, 0.5) is 5.69 Å². The third-order valence-electron chi connectivity index (χ3n) is 7.12. The molecule has 35 heavy (non-hydrogen) atoms. The van der Waals surface area contributed by atoms with Crippen molar-refractivity contribution in [3.8, 4) is 11.3 Å². The lowest BCUT2D eigenvalue weighted by Crippen LogP contribution is -2.44. The van der Waals surface area contributed by atoms with Gasteiger partial charge in [-0.2, -0.15) is 5.10 Å². The second-order valence-corrected chi connectivity index (χ2v) is 9.42. The van der Waals surface area contributed by atoms with Crippen LogP contribution in [-0.4, -0.2) is 51.6 Å². The molecule has 1 aliphatic rings. The van der Waals surface area contributed by atoms with E-state index in [0.717, 1.165) is 53.5 Å². The predicted molar refractivity (Wildman–Crippen MR) is 141 cm³/mol. The summed E-state index contributed by atoms with van der Waals surface area (Å²) in [4.78, 5) is 21.8. The molecule has 0 bridgehead atoms. The SMILES string of the molecule is CCc1ccc(-c2cccc3nc(Cc4ccc(N(C)C(=O)C(C)N5CCCC5)cc4)nn23)cc1. The molecule has 0 radical (unpaired) electrons. The number of amides is 1. The van der Waals surface area contributed by atoms with Gasteiger partial charge in [0.05, 0.1) is 11.7 Å². The Kier molecular flexibility index (Phi) is 6.64. The fourth-order valence-electron chi connectivity index (χ4n) is 4.87. The summed E-state index contributed by atoms with van der Waals surface area (Å²) >= 11 is 0. The fraction of sp³-hybridized carbons (Fsp3) is 0.345. The number of likely N-dealkylation sites (N-methyl/N-ethyl adjacent to an activating group) is 1. The normalized spacial score (nSPS) is 14.9. The molecule has 0 N–H and O–H groups in total. The van der Waals surface area contributed by atoms with Gasteiger partial charge in [0.2, 0.25) is 5.91 Å². The molecule has 1 unspecified atom stereocenters. The number of carbonyl (C=O) groups is 1. The molecule has 6 nitrogen and oxygen atoms in total. The number of hydrogen-bond acceptors (Lipinski definition) is 4. The summed E-state index contributed by atoms with van der Waals surface area (Å²) in [5.41, 5.74) is 6.35. The Balaban J connectivity index is 1.31. The lowest BCUT2D eigenvalue weighted by molar-refractivity contribution is -0.122. The van der Waals surface area contributed by atoms with Crippen LogP contribution in [0.3, 0.4) is 0 Å². The summed E-state index contributed by atoms with van der Waals surface area (Å²) in [6, 6.07) is 22.8. The smallest absolute Gasteiger partial charge is 0.243 e. The van der Waals surface area contributed by atoms with E-state index >= 15 is 0 Å². The van der Waals surface area contributed by atoms with Crippen molar-refractivity contribution in [2.24, 2.45) is 0 Å². The molecule has 0 spiro atoms. The lowest BCUT2D eigenvalue weighted by atomic mass is 10.1. The van der Waals surface area contributed by atoms with Crippen LogP contribution in [0.15, 0.2) is 66.7 Å². The van der Waals surface area contributed by atoms with Crippen molar-refractivity contribution >= 4 is 17.2 Å². The number of aryl methyl sites for hydroxylation is 1. The maximum absolute atomic E-state index is 13.0. The minimum atomic E-state index is -0.0864. The summed E-state index contributed by atoms with van der Waals surface area (Å²) in [6.45, 7) is 6.20. The zero-order chi connectivity index (χ0) is 24.4. The van der Waals surface area contributed by atoms with Gasteiger partial charge in [-0.25, -0.2) is 9.50 Å². The van der Waals surface area contributed by atoms with Gasteiger partial charge in [0.15, 0.2) is 11.5 Å². The summed E-state index contributed by atoms with van der Waals surface area (Å²) in [6.07, 6.45) is 4.02.